The molecule has 1 aliphatic carbocycles. The summed E-state index contributed by atoms with van der Waals surface area (Å²) < 4.78 is 5.56. The van der Waals surface area contributed by atoms with Crippen LogP contribution in [-0.2, 0) is 14.3 Å². The molecule has 0 radical (unpaired) electrons. The number of carboxylic acids is 1. The van der Waals surface area contributed by atoms with E-state index in [0.29, 0.717) is 19.4 Å². The number of likely N-dealkylation sites (tertiary alicyclic amines) is 1. The zero-order valence-electron chi connectivity index (χ0n) is 19.8. The molecule has 2 aromatic carbocycles. The number of aliphatic carboxylic acids is 1. The van der Waals surface area contributed by atoms with Crippen LogP contribution in [0.1, 0.15) is 56.6 Å². The van der Waals surface area contributed by atoms with Gasteiger partial charge in [-0.15, -0.1) is 0 Å². The van der Waals surface area contributed by atoms with Crippen LogP contribution in [0.3, 0.4) is 0 Å². The molecule has 34 heavy (non-hydrogen) atoms. The molecule has 1 heterocycles. The van der Waals surface area contributed by atoms with E-state index in [2.05, 4.69) is 29.6 Å². The Morgan fingerprint density at radius 1 is 1.12 bits per heavy atom. The van der Waals surface area contributed by atoms with E-state index in [1.165, 1.54) is 0 Å². The van der Waals surface area contributed by atoms with Gasteiger partial charge in [0.25, 0.3) is 0 Å². The fraction of sp³-hybridized carbons (Fsp3) is 0.444. The third kappa shape index (κ3) is 4.65. The molecule has 2 atom stereocenters. The van der Waals surface area contributed by atoms with Crippen molar-refractivity contribution in [3.05, 3.63) is 59.7 Å². The summed E-state index contributed by atoms with van der Waals surface area (Å²) in [5.41, 5.74) is 3.76. The van der Waals surface area contributed by atoms with E-state index in [9.17, 15) is 19.5 Å². The van der Waals surface area contributed by atoms with Crippen LogP contribution in [0.15, 0.2) is 48.5 Å². The molecule has 2 amide bonds. The Morgan fingerprint density at radius 3 is 2.32 bits per heavy atom. The molecular formula is C27H32N2O5. The number of benzene rings is 2. The number of rotatable bonds is 8. The summed E-state index contributed by atoms with van der Waals surface area (Å²) in [6, 6.07) is 15.9. The van der Waals surface area contributed by atoms with Crippen LogP contribution in [0.25, 0.3) is 11.1 Å². The lowest BCUT2D eigenvalue weighted by Gasteiger charge is -2.25. The number of hydrogen-bond donors (Lipinski definition) is 2. The van der Waals surface area contributed by atoms with Gasteiger partial charge in [-0.1, -0.05) is 61.9 Å². The summed E-state index contributed by atoms with van der Waals surface area (Å²) in [5.74, 6) is -1.01. The van der Waals surface area contributed by atoms with Crippen molar-refractivity contribution in [1.29, 1.82) is 0 Å². The maximum Gasteiger partial charge on any atom is 0.407 e. The van der Waals surface area contributed by atoms with Gasteiger partial charge in [-0.2, -0.15) is 0 Å². The van der Waals surface area contributed by atoms with Crippen LogP contribution >= 0.6 is 0 Å². The molecule has 0 aromatic heterocycles. The first-order valence-corrected chi connectivity index (χ1v) is 12.0. The van der Waals surface area contributed by atoms with Crippen molar-refractivity contribution in [2.24, 2.45) is 5.41 Å². The quantitative estimate of drug-likeness (QED) is 0.603. The molecule has 2 aromatic rings. The van der Waals surface area contributed by atoms with Crippen molar-refractivity contribution in [3.8, 4) is 11.1 Å². The van der Waals surface area contributed by atoms with Crippen LogP contribution in [0.4, 0.5) is 4.79 Å². The summed E-state index contributed by atoms with van der Waals surface area (Å²) in [6.45, 7) is 4.59. The highest BCUT2D eigenvalue weighted by molar-refractivity contribution is 5.82. The number of carbonyl (C=O) groups is 3. The highest BCUT2D eigenvalue weighted by Gasteiger charge is 2.45. The zero-order valence-corrected chi connectivity index (χ0v) is 19.8. The SMILES string of the molecule is CCCC1(C(=O)O)CCN(C(=O)CC(C)NC(=O)OCC2c3ccccc3-c3ccccc32)C1. The Morgan fingerprint density at radius 2 is 1.74 bits per heavy atom. The van der Waals surface area contributed by atoms with Crippen molar-refractivity contribution in [1.82, 2.24) is 10.2 Å². The zero-order chi connectivity index (χ0) is 24.3. The minimum atomic E-state index is -0.853. The van der Waals surface area contributed by atoms with E-state index in [0.717, 1.165) is 28.7 Å². The molecule has 1 saturated heterocycles. The lowest BCUT2D eigenvalue weighted by molar-refractivity contribution is -0.149. The van der Waals surface area contributed by atoms with E-state index < -0.39 is 23.5 Å². The number of carbonyl (C=O) groups excluding carboxylic acids is 2. The molecule has 1 aliphatic heterocycles. The van der Waals surface area contributed by atoms with Gasteiger partial charge in [-0.3, -0.25) is 9.59 Å². The van der Waals surface area contributed by atoms with Crippen molar-refractivity contribution in [2.45, 2.75) is 51.5 Å². The van der Waals surface area contributed by atoms with Crippen molar-refractivity contribution < 1.29 is 24.2 Å². The van der Waals surface area contributed by atoms with Gasteiger partial charge in [0, 0.05) is 31.5 Å². The van der Waals surface area contributed by atoms with Gasteiger partial charge in [-0.25, -0.2) is 4.79 Å². The highest BCUT2D eigenvalue weighted by Crippen LogP contribution is 2.44. The highest BCUT2D eigenvalue weighted by atomic mass is 16.5. The van der Waals surface area contributed by atoms with E-state index in [1.807, 2.05) is 31.2 Å². The maximum absolute atomic E-state index is 12.7. The smallest absolute Gasteiger partial charge is 0.407 e. The number of carboxylic acid groups (broad SMARTS) is 1. The number of hydrogen-bond acceptors (Lipinski definition) is 4. The monoisotopic (exact) mass is 464 g/mol. The van der Waals surface area contributed by atoms with Gasteiger partial charge < -0.3 is 20.1 Å². The fourth-order valence-corrected chi connectivity index (χ4v) is 5.33. The number of ether oxygens (including phenoxy) is 1. The second-order valence-electron chi connectivity index (χ2n) is 9.48. The van der Waals surface area contributed by atoms with E-state index in [4.69, 9.17) is 4.74 Å². The van der Waals surface area contributed by atoms with Crippen LogP contribution < -0.4 is 5.32 Å². The van der Waals surface area contributed by atoms with Crippen LogP contribution in [0.2, 0.25) is 0 Å². The first-order valence-electron chi connectivity index (χ1n) is 12.0. The number of fused-ring (bicyclic) bond motifs is 3. The summed E-state index contributed by atoms with van der Waals surface area (Å²) in [4.78, 5) is 38.6. The maximum atomic E-state index is 12.7. The number of amides is 2. The van der Waals surface area contributed by atoms with E-state index in [-0.39, 0.29) is 31.4 Å². The molecule has 2 N–H and O–H groups in total. The summed E-state index contributed by atoms with van der Waals surface area (Å²) in [5, 5.41) is 12.4. The molecule has 7 heteroatoms. The average Bonchev–Trinajstić information content (AvgIpc) is 3.39. The Labute approximate surface area is 200 Å². The first kappa shape index (κ1) is 23.8. The normalized spacial score (nSPS) is 19.9. The second kappa shape index (κ2) is 9.87. The van der Waals surface area contributed by atoms with Gasteiger partial charge in [-0.05, 0) is 42.0 Å². The Kier molecular flexibility index (Phi) is 6.91. The Hall–Kier alpha value is -3.35. The predicted octanol–water partition coefficient (Wildman–Crippen LogP) is 4.41. The molecular weight excluding hydrogens is 432 g/mol. The average molecular weight is 465 g/mol. The summed E-state index contributed by atoms with van der Waals surface area (Å²) in [6.07, 6.45) is 1.32. The predicted molar refractivity (Wildman–Crippen MR) is 128 cm³/mol. The molecule has 1 fully saturated rings. The summed E-state index contributed by atoms with van der Waals surface area (Å²) >= 11 is 0. The van der Waals surface area contributed by atoms with Crippen molar-refractivity contribution >= 4 is 18.0 Å². The Bertz CT molecular complexity index is 1040. The standard InChI is InChI=1S/C27H32N2O5/c1-3-12-27(25(31)32)13-14-29(17-27)24(30)15-18(2)28-26(33)34-16-23-21-10-6-4-8-19(21)20-9-5-7-11-22(20)23/h4-11,18,23H,3,12-17H2,1-2H3,(H,28,33)(H,31,32). The van der Waals surface area contributed by atoms with Crippen LogP contribution in [0, 0.1) is 5.41 Å². The second-order valence-corrected chi connectivity index (χ2v) is 9.48. The molecule has 180 valence electrons. The molecule has 2 aliphatic rings. The third-order valence-electron chi connectivity index (χ3n) is 7.08. The molecule has 4 rings (SSSR count). The first-order chi connectivity index (χ1) is 16.3. The molecule has 7 nitrogen and oxygen atoms in total. The molecule has 2 unspecified atom stereocenters. The number of nitrogens with zero attached hydrogens (tertiary/aromatic N) is 1. The summed E-state index contributed by atoms with van der Waals surface area (Å²) in [7, 11) is 0. The van der Waals surface area contributed by atoms with Gasteiger partial charge in [0.2, 0.25) is 5.91 Å². The molecule has 0 spiro atoms. The van der Waals surface area contributed by atoms with E-state index in [1.54, 1.807) is 11.8 Å². The van der Waals surface area contributed by atoms with Gasteiger partial charge in [0.05, 0.1) is 5.41 Å². The lowest BCUT2D eigenvalue weighted by Crippen LogP contribution is -2.41. The van der Waals surface area contributed by atoms with Gasteiger partial charge in [0.15, 0.2) is 0 Å². The number of nitrogens with one attached hydrogen (secondary N) is 1. The lowest BCUT2D eigenvalue weighted by atomic mass is 9.83. The van der Waals surface area contributed by atoms with Crippen molar-refractivity contribution in [2.75, 3.05) is 19.7 Å². The van der Waals surface area contributed by atoms with E-state index >= 15 is 0 Å². The number of alkyl carbamates (subject to hydrolysis) is 1. The van der Waals surface area contributed by atoms with Gasteiger partial charge >= 0.3 is 12.1 Å². The minimum absolute atomic E-state index is 0.0256. The van der Waals surface area contributed by atoms with Crippen molar-refractivity contribution in [3.63, 3.8) is 0 Å². The largest absolute Gasteiger partial charge is 0.481 e. The van der Waals surface area contributed by atoms with Crippen LogP contribution in [-0.4, -0.2) is 53.7 Å². The van der Waals surface area contributed by atoms with Crippen LogP contribution in [0.5, 0.6) is 0 Å². The minimum Gasteiger partial charge on any atom is -0.481 e. The topological polar surface area (TPSA) is 95.9 Å². The molecule has 0 saturated carbocycles. The van der Waals surface area contributed by atoms with Gasteiger partial charge in [0.1, 0.15) is 6.61 Å². The Balaban J connectivity index is 1.30. The third-order valence-corrected chi connectivity index (χ3v) is 7.08. The fourth-order valence-electron chi connectivity index (χ4n) is 5.33. The molecule has 0 bridgehead atoms.